The molecule has 0 unspecified atom stereocenters. The molecular weight excluding hydrogens is 306 g/mol. The minimum absolute atomic E-state index is 0.503. The molecule has 3 aromatic rings. The van der Waals surface area contributed by atoms with Crippen LogP contribution in [-0.2, 0) is 6.54 Å². The maximum absolute atomic E-state index is 4.89. The summed E-state index contributed by atoms with van der Waals surface area (Å²) in [4.78, 5) is 4.60. The summed E-state index contributed by atoms with van der Waals surface area (Å²) in [6.07, 6.45) is 4.02. The molecule has 5 rings (SSSR count). The fraction of sp³-hybridized carbons (Fsp3) is 0.500. The quantitative estimate of drug-likeness (QED) is 0.700. The topological polar surface area (TPSA) is 75.6 Å². The van der Waals surface area contributed by atoms with Crippen molar-refractivity contribution in [1.82, 2.24) is 29.9 Å². The van der Waals surface area contributed by atoms with Crippen LogP contribution >= 0.6 is 0 Å². The van der Waals surface area contributed by atoms with Crippen LogP contribution in [0.2, 0.25) is 0 Å². The highest BCUT2D eigenvalue weighted by molar-refractivity contribution is 5.48. The van der Waals surface area contributed by atoms with Crippen molar-refractivity contribution in [1.29, 1.82) is 0 Å². The molecule has 0 N–H and O–H groups in total. The van der Waals surface area contributed by atoms with E-state index in [2.05, 4.69) is 32.2 Å². The normalized spacial score (nSPS) is 18.5. The number of likely N-dealkylation sites (N-methyl/N-ethyl adjacent to an activating group) is 1. The zero-order valence-corrected chi connectivity index (χ0v) is 13.5. The molecule has 8 nitrogen and oxygen atoms in total. The Kier molecular flexibility index (Phi) is 3.05. The highest BCUT2D eigenvalue weighted by atomic mass is 16.5. The van der Waals surface area contributed by atoms with E-state index < -0.39 is 0 Å². The third-order valence-electron chi connectivity index (χ3n) is 4.93. The van der Waals surface area contributed by atoms with Gasteiger partial charge in [0.15, 0.2) is 11.5 Å². The van der Waals surface area contributed by atoms with Gasteiger partial charge in [0.2, 0.25) is 0 Å². The lowest BCUT2D eigenvalue weighted by atomic mass is 10.1. The Hall–Kier alpha value is -2.48. The summed E-state index contributed by atoms with van der Waals surface area (Å²) in [5, 5.41) is 17.2. The van der Waals surface area contributed by atoms with Crippen LogP contribution in [0.15, 0.2) is 29.0 Å². The van der Waals surface area contributed by atoms with Crippen molar-refractivity contribution in [2.75, 3.05) is 25.0 Å². The fourth-order valence-electron chi connectivity index (χ4n) is 3.19. The van der Waals surface area contributed by atoms with Crippen molar-refractivity contribution in [2.45, 2.75) is 31.3 Å². The van der Waals surface area contributed by atoms with E-state index >= 15 is 0 Å². The van der Waals surface area contributed by atoms with Crippen molar-refractivity contribution >= 4 is 11.5 Å². The summed E-state index contributed by atoms with van der Waals surface area (Å²) < 4.78 is 6.81. The number of hydrogen-bond donors (Lipinski definition) is 0. The molecule has 1 saturated heterocycles. The maximum Gasteiger partial charge on any atom is 0.178 e. The van der Waals surface area contributed by atoms with E-state index in [4.69, 9.17) is 9.62 Å². The second-order valence-electron chi connectivity index (χ2n) is 6.76. The number of fused-ring (bicyclic) bond motifs is 1. The summed E-state index contributed by atoms with van der Waals surface area (Å²) in [6, 6.07) is 6.46. The molecule has 0 bridgehead atoms. The lowest BCUT2D eigenvalue weighted by molar-refractivity contribution is 0.192. The second kappa shape index (κ2) is 5.27. The lowest BCUT2D eigenvalue weighted by Gasteiger charge is -2.44. The number of aromatic nitrogens is 5. The molecule has 1 aliphatic heterocycles. The summed E-state index contributed by atoms with van der Waals surface area (Å²) >= 11 is 0. The van der Waals surface area contributed by atoms with E-state index in [9.17, 15) is 0 Å². The monoisotopic (exact) mass is 325 g/mol. The van der Waals surface area contributed by atoms with E-state index in [1.54, 1.807) is 6.26 Å². The first-order chi connectivity index (χ1) is 11.8. The lowest BCUT2D eigenvalue weighted by Crippen LogP contribution is -2.58. The Bertz CT molecular complexity index is 849. The van der Waals surface area contributed by atoms with Crippen LogP contribution in [0.5, 0.6) is 0 Å². The zero-order chi connectivity index (χ0) is 16.1. The highest BCUT2D eigenvalue weighted by Gasteiger charge is 2.33. The van der Waals surface area contributed by atoms with Gasteiger partial charge in [-0.15, -0.1) is 15.3 Å². The van der Waals surface area contributed by atoms with Crippen LogP contribution in [0.4, 0.5) is 5.82 Å². The van der Waals surface area contributed by atoms with Crippen molar-refractivity contribution < 1.29 is 4.52 Å². The summed E-state index contributed by atoms with van der Waals surface area (Å²) in [5.41, 5.74) is 1.80. The van der Waals surface area contributed by atoms with Gasteiger partial charge in [0, 0.05) is 37.7 Å². The Morgan fingerprint density at radius 1 is 1.21 bits per heavy atom. The zero-order valence-electron chi connectivity index (χ0n) is 13.5. The van der Waals surface area contributed by atoms with Gasteiger partial charge in [-0.05, 0) is 32.0 Å². The molecule has 0 spiro atoms. The van der Waals surface area contributed by atoms with Crippen molar-refractivity contribution in [2.24, 2.45) is 0 Å². The highest BCUT2D eigenvalue weighted by Crippen LogP contribution is 2.38. The molecular formula is C16H19N7O. The molecule has 8 heteroatoms. The first-order valence-electron chi connectivity index (χ1n) is 8.35. The number of hydrogen-bond acceptors (Lipinski definition) is 7. The fourth-order valence-corrected chi connectivity index (χ4v) is 3.19. The number of anilines is 1. The van der Waals surface area contributed by atoms with Crippen LogP contribution in [0.25, 0.3) is 5.65 Å². The first-order valence-corrected chi connectivity index (χ1v) is 8.35. The minimum atomic E-state index is 0.503. The van der Waals surface area contributed by atoms with Gasteiger partial charge in [0.05, 0.1) is 5.69 Å². The predicted octanol–water partition coefficient (Wildman–Crippen LogP) is 1.31. The maximum atomic E-state index is 4.89. The molecule has 0 radical (unpaired) electrons. The van der Waals surface area contributed by atoms with Crippen molar-refractivity contribution in [3.05, 3.63) is 36.0 Å². The van der Waals surface area contributed by atoms with Gasteiger partial charge < -0.3 is 9.42 Å². The molecule has 0 amide bonds. The average molecular weight is 325 g/mol. The largest absolute Gasteiger partial charge is 0.364 e. The Balaban J connectivity index is 1.28. The molecule has 124 valence electrons. The number of rotatable bonds is 5. The van der Waals surface area contributed by atoms with Crippen molar-refractivity contribution in [3.8, 4) is 0 Å². The van der Waals surface area contributed by atoms with Crippen LogP contribution in [0, 0.1) is 0 Å². The molecule has 1 saturated carbocycles. The van der Waals surface area contributed by atoms with Gasteiger partial charge >= 0.3 is 0 Å². The minimum Gasteiger partial charge on any atom is -0.364 e. The standard InChI is InChI=1S/C16H19N7O/c1-21(8-12-6-7-24-20-12)13-9-22(10-13)15-5-4-14-17-18-16(11-2-3-11)23(14)19-15/h4-7,11,13H,2-3,8-10H2,1H3. The van der Waals surface area contributed by atoms with E-state index in [1.807, 2.05) is 22.7 Å². The molecule has 3 aromatic heterocycles. The smallest absolute Gasteiger partial charge is 0.178 e. The molecule has 2 fully saturated rings. The van der Waals surface area contributed by atoms with Gasteiger partial charge in [-0.25, -0.2) is 0 Å². The van der Waals surface area contributed by atoms with Gasteiger partial charge in [-0.3, -0.25) is 4.90 Å². The molecule has 24 heavy (non-hydrogen) atoms. The first kappa shape index (κ1) is 13.9. The third kappa shape index (κ3) is 2.34. The molecule has 0 aromatic carbocycles. The van der Waals surface area contributed by atoms with Gasteiger partial charge in [-0.1, -0.05) is 5.16 Å². The van der Waals surface area contributed by atoms with E-state index in [0.717, 1.165) is 42.6 Å². The predicted molar refractivity (Wildman–Crippen MR) is 86.7 cm³/mol. The molecule has 4 heterocycles. The van der Waals surface area contributed by atoms with E-state index in [-0.39, 0.29) is 0 Å². The van der Waals surface area contributed by atoms with Crippen LogP contribution in [0.3, 0.4) is 0 Å². The van der Waals surface area contributed by atoms with Gasteiger partial charge in [0.25, 0.3) is 0 Å². The van der Waals surface area contributed by atoms with Gasteiger partial charge in [-0.2, -0.15) is 4.52 Å². The summed E-state index contributed by atoms with van der Waals surface area (Å²) in [7, 11) is 2.12. The molecule has 2 aliphatic rings. The van der Waals surface area contributed by atoms with E-state index in [0.29, 0.717) is 12.0 Å². The Labute approximate surface area is 139 Å². The Morgan fingerprint density at radius 2 is 2.08 bits per heavy atom. The summed E-state index contributed by atoms with van der Waals surface area (Å²) in [6.45, 7) is 2.74. The van der Waals surface area contributed by atoms with E-state index in [1.165, 1.54) is 12.8 Å². The van der Waals surface area contributed by atoms with Crippen LogP contribution in [0.1, 0.15) is 30.3 Å². The third-order valence-corrected chi connectivity index (χ3v) is 4.93. The van der Waals surface area contributed by atoms with Crippen LogP contribution in [-0.4, -0.2) is 56.0 Å². The Morgan fingerprint density at radius 3 is 2.83 bits per heavy atom. The second-order valence-corrected chi connectivity index (χ2v) is 6.76. The summed E-state index contributed by atoms with van der Waals surface area (Å²) in [5.74, 6) is 2.54. The SMILES string of the molecule is CN(Cc1ccon1)C1CN(c2ccc3nnc(C4CC4)n3n2)C1. The molecule has 0 atom stereocenters. The van der Waals surface area contributed by atoms with Crippen molar-refractivity contribution in [3.63, 3.8) is 0 Å². The van der Waals surface area contributed by atoms with Gasteiger partial charge in [0.1, 0.15) is 12.1 Å². The molecule has 1 aliphatic carbocycles. The van der Waals surface area contributed by atoms with Crippen LogP contribution < -0.4 is 4.90 Å². The average Bonchev–Trinajstić information content (AvgIpc) is 3.08. The number of nitrogens with zero attached hydrogens (tertiary/aromatic N) is 7.